The van der Waals surface area contributed by atoms with Crippen LogP contribution in [0.4, 0.5) is 5.82 Å². The maximum absolute atomic E-state index is 13.2. The first-order valence-electron chi connectivity index (χ1n) is 25.0. The summed E-state index contributed by atoms with van der Waals surface area (Å²) in [6.45, 7) is 31.3. The van der Waals surface area contributed by atoms with Gasteiger partial charge in [-0.1, -0.05) is 46.7 Å². The van der Waals surface area contributed by atoms with Crippen molar-refractivity contribution < 1.29 is 70.5 Å². The SMILES string of the molecule is CC(C)(C)[Si](C)(C)OC[C@H]1O[C@@H](n2cnc3c(N)ncnc32)C(OCC(=O)NCCOCCOCCOCCOCCOCCOCCOCCOCCOCCOCCN=[N+]=[N-])[C@@H]1O[Si](C)(C)C(C)(C)C. The van der Waals surface area contributed by atoms with Gasteiger partial charge in [0.25, 0.3) is 0 Å². The van der Waals surface area contributed by atoms with Crippen LogP contribution in [0.5, 0.6) is 0 Å². The number of azide groups is 1. The Morgan fingerprint density at radius 2 is 1.12 bits per heavy atom. The van der Waals surface area contributed by atoms with Gasteiger partial charge in [-0.15, -0.1) is 0 Å². The summed E-state index contributed by atoms with van der Waals surface area (Å²) in [6, 6.07) is 0. The third-order valence-electron chi connectivity index (χ3n) is 12.3. The summed E-state index contributed by atoms with van der Waals surface area (Å²) < 4.78 is 83.9. The highest BCUT2D eigenvalue weighted by Gasteiger charge is 2.53. The molecule has 3 heterocycles. The van der Waals surface area contributed by atoms with Crippen LogP contribution in [0.25, 0.3) is 21.6 Å². The molecule has 1 fully saturated rings. The van der Waals surface area contributed by atoms with Crippen molar-refractivity contribution >= 4 is 39.5 Å². The number of fused-ring (bicyclic) bond motifs is 1. The number of ether oxygens (including phenoxy) is 12. The molecule has 72 heavy (non-hydrogen) atoms. The molecule has 0 aromatic carbocycles. The predicted molar refractivity (Wildman–Crippen MR) is 274 cm³/mol. The Bertz CT molecular complexity index is 1820. The van der Waals surface area contributed by atoms with Crippen LogP contribution in [0.1, 0.15) is 47.8 Å². The molecule has 1 saturated heterocycles. The summed E-state index contributed by atoms with van der Waals surface area (Å²) >= 11 is 0. The second-order valence-electron chi connectivity index (χ2n) is 19.8. The number of nitrogens with two attached hydrogens (primary N) is 1. The summed E-state index contributed by atoms with van der Waals surface area (Å²) in [4.78, 5) is 28.9. The number of carbonyl (C=O) groups excluding carboxylic acids is 1. The van der Waals surface area contributed by atoms with Crippen LogP contribution >= 0.6 is 0 Å². The molecule has 1 aliphatic rings. The third kappa shape index (κ3) is 24.1. The maximum atomic E-state index is 13.2. The van der Waals surface area contributed by atoms with Gasteiger partial charge >= 0.3 is 0 Å². The third-order valence-corrected chi connectivity index (χ3v) is 21.3. The van der Waals surface area contributed by atoms with E-state index in [1.54, 1.807) is 10.9 Å². The normalized spacial score (nSPS) is 17.8. The van der Waals surface area contributed by atoms with Crippen molar-refractivity contribution in [2.75, 3.05) is 164 Å². The minimum absolute atomic E-state index is 0.0195. The number of imidazole rings is 1. The monoisotopic (exact) mass is 1060 g/mol. The highest BCUT2D eigenvalue weighted by molar-refractivity contribution is 6.74. The first kappa shape index (κ1) is 63.3. The Kier molecular flexibility index (Phi) is 30.4. The van der Waals surface area contributed by atoms with Gasteiger partial charge in [0.2, 0.25) is 5.91 Å². The molecule has 3 N–H and O–H groups in total. The molecule has 3 rings (SSSR count). The number of nitrogens with one attached hydrogen (secondary N) is 1. The molecule has 2 aromatic heterocycles. The molecular formula is C46H87N9O15Si2. The molecule has 26 heteroatoms. The Hall–Kier alpha value is -3.00. The molecule has 1 unspecified atom stereocenters. The molecule has 2 aromatic rings. The number of aromatic nitrogens is 4. The van der Waals surface area contributed by atoms with Crippen LogP contribution < -0.4 is 11.1 Å². The highest BCUT2D eigenvalue weighted by Crippen LogP contribution is 2.44. The predicted octanol–water partition coefficient (Wildman–Crippen LogP) is 4.70. The average molecular weight is 1060 g/mol. The fourth-order valence-electron chi connectivity index (χ4n) is 6.18. The van der Waals surface area contributed by atoms with Gasteiger partial charge in [0.15, 0.2) is 34.3 Å². The highest BCUT2D eigenvalue weighted by atomic mass is 28.4. The minimum atomic E-state index is -2.40. The van der Waals surface area contributed by atoms with Crippen LogP contribution in [0.15, 0.2) is 17.8 Å². The Labute approximate surface area is 428 Å². The van der Waals surface area contributed by atoms with Gasteiger partial charge in [0.1, 0.15) is 36.8 Å². The van der Waals surface area contributed by atoms with E-state index in [9.17, 15) is 4.79 Å². The van der Waals surface area contributed by atoms with E-state index >= 15 is 0 Å². The zero-order valence-corrected chi connectivity index (χ0v) is 46.8. The number of hydrogen-bond donors (Lipinski definition) is 2. The molecule has 24 nitrogen and oxygen atoms in total. The first-order valence-corrected chi connectivity index (χ1v) is 30.8. The van der Waals surface area contributed by atoms with Crippen molar-refractivity contribution in [1.29, 1.82) is 0 Å². The summed E-state index contributed by atoms with van der Waals surface area (Å²) in [5.41, 5.74) is 15.3. The topological polar surface area (TPSA) is 277 Å². The van der Waals surface area contributed by atoms with Gasteiger partial charge < -0.3 is 76.7 Å². The number of nitrogens with zero attached hydrogens (tertiary/aromatic N) is 7. The summed E-state index contributed by atoms with van der Waals surface area (Å²) in [5.74, 6) is -0.0576. The van der Waals surface area contributed by atoms with Crippen LogP contribution in [0.3, 0.4) is 0 Å². The zero-order valence-electron chi connectivity index (χ0n) is 44.8. The lowest BCUT2D eigenvalue weighted by molar-refractivity contribution is -0.132. The van der Waals surface area contributed by atoms with Gasteiger partial charge in [0.05, 0.1) is 145 Å². The molecule has 0 saturated carbocycles. The van der Waals surface area contributed by atoms with Crippen molar-refractivity contribution in [3.63, 3.8) is 0 Å². The number of nitrogen functional groups attached to an aromatic ring is 1. The fraction of sp³-hybridized carbons (Fsp3) is 0.870. The van der Waals surface area contributed by atoms with E-state index in [4.69, 9.17) is 77.0 Å². The summed E-state index contributed by atoms with van der Waals surface area (Å²) in [7, 11) is -4.58. The molecule has 414 valence electrons. The second kappa shape index (κ2) is 34.5. The number of carbonyl (C=O) groups is 1. The number of amides is 1. The van der Waals surface area contributed by atoms with Crippen LogP contribution in [-0.4, -0.2) is 219 Å². The largest absolute Gasteiger partial charge is 0.414 e. The lowest BCUT2D eigenvalue weighted by atomic mass is 10.1. The van der Waals surface area contributed by atoms with E-state index in [0.717, 1.165) is 0 Å². The molecule has 1 aliphatic heterocycles. The van der Waals surface area contributed by atoms with Crippen LogP contribution in [-0.2, 0) is 70.5 Å². The van der Waals surface area contributed by atoms with E-state index in [0.29, 0.717) is 163 Å². The van der Waals surface area contributed by atoms with Crippen LogP contribution in [0.2, 0.25) is 36.3 Å². The van der Waals surface area contributed by atoms with E-state index in [-0.39, 0.29) is 28.4 Å². The maximum Gasteiger partial charge on any atom is 0.246 e. The summed E-state index contributed by atoms with van der Waals surface area (Å²) in [5, 5.41) is 6.14. The van der Waals surface area contributed by atoms with Crippen LogP contribution in [0, 0.1) is 0 Å². The molecular weight excluding hydrogens is 975 g/mol. The van der Waals surface area contributed by atoms with Gasteiger partial charge in [-0.3, -0.25) is 9.36 Å². The molecule has 0 aliphatic carbocycles. The van der Waals surface area contributed by atoms with Gasteiger partial charge in [-0.05, 0) is 41.8 Å². The van der Waals surface area contributed by atoms with Gasteiger partial charge in [0, 0.05) is 18.0 Å². The molecule has 0 spiro atoms. The fourth-order valence-corrected chi connectivity index (χ4v) is 8.52. The summed E-state index contributed by atoms with van der Waals surface area (Å²) in [6.07, 6.45) is 0.464. The zero-order chi connectivity index (χ0) is 52.7. The lowest BCUT2D eigenvalue weighted by Crippen LogP contribution is -2.52. The van der Waals surface area contributed by atoms with Crippen molar-refractivity contribution in [1.82, 2.24) is 24.8 Å². The Morgan fingerprint density at radius 1 is 0.681 bits per heavy atom. The standard InChI is InChI=1S/C46H87N9O15Si2/c1-45(2,3)71(7,8)68-33-37-40(70-72(9,10)46(4,5)6)41(44(69-37)55-36-52-39-42(47)50-35-51-43(39)55)67-34-38(56)49-11-13-57-15-17-59-19-21-61-23-25-63-27-29-65-31-32-66-30-28-64-26-24-62-22-20-60-18-16-58-14-12-53-54-48/h35-37,40-41,44H,11-34H2,1-10H3,(H,49,56)(H2,47,50,51)/t37-,40-,41?,44-/m1/s1. The molecule has 1 amide bonds. The van der Waals surface area contributed by atoms with E-state index in [2.05, 4.69) is 98.0 Å². The quantitative estimate of drug-likeness (QED) is 0.0300. The average Bonchev–Trinajstić information content (AvgIpc) is 3.90. The Morgan fingerprint density at radius 3 is 1.57 bits per heavy atom. The van der Waals surface area contributed by atoms with Crippen molar-refractivity contribution in [3.8, 4) is 0 Å². The van der Waals surface area contributed by atoms with E-state index in [1.165, 1.54) is 6.33 Å². The first-order chi connectivity index (χ1) is 34.4. The van der Waals surface area contributed by atoms with Gasteiger partial charge in [-0.2, -0.15) is 0 Å². The van der Waals surface area contributed by atoms with Crippen molar-refractivity contribution in [2.24, 2.45) is 5.11 Å². The van der Waals surface area contributed by atoms with Crippen molar-refractivity contribution in [2.45, 2.75) is 102 Å². The van der Waals surface area contributed by atoms with Crippen molar-refractivity contribution in [3.05, 3.63) is 23.1 Å². The lowest BCUT2D eigenvalue weighted by Gasteiger charge is -2.41. The smallest absolute Gasteiger partial charge is 0.246 e. The number of hydrogen-bond acceptors (Lipinski definition) is 20. The Balaban J connectivity index is 1.22. The second-order valence-corrected chi connectivity index (χ2v) is 29.3. The van der Waals surface area contributed by atoms with Gasteiger partial charge in [-0.25, -0.2) is 15.0 Å². The number of rotatable bonds is 42. The van der Waals surface area contributed by atoms with E-state index in [1.807, 2.05) is 0 Å². The molecule has 0 radical (unpaired) electrons. The molecule has 0 bridgehead atoms. The minimum Gasteiger partial charge on any atom is -0.414 e. The molecule has 4 atom stereocenters. The van der Waals surface area contributed by atoms with E-state index < -0.39 is 41.2 Å². The number of anilines is 1.